The molecule has 3 aromatic rings. The van der Waals surface area contributed by atoms with Gasteiger partial charge in [0.1, 0.15) is 11.6 Å². The van der Waals surface area contributed by atoms with E-state index in [-0.39, 0.29) is 0 Å². The van der Waals surface area contributed by atoms with Gasteiger partial charge in [0.05, 0.1) is 0 Å². The van der Waals surface area contributed by atoms with E-state index >= 15 is 0 Å². The van der Waals surface area contributed by atoms with Crippen molar-refractivity contribution in [2.24, 2.45) is 0 Å². The molecular weight excluding hydrogens is 232 g/mol. The standard InChI is InChI=1S/C12H10N4S/c17-12-13-10(15-5-1-2-6-15)9-11(14-12)16-7-3-4-8-16/h1-9H,(H,13,14,17). The number of nitrogens with zero attached hydrogens (tertiary/aromatic N) is 3. The molecular formula is C12H10N4S. The first kappa shape index (κ1) is 10.0. The summed E-state index contributed by atoms with van der Waals surface area (Å²) in [6, 6.07) is 9.79. The minimum atomic E-state index is 0.472. The van der Waals surface area contributed by atoms with E-state index in [1.54, 1.807) is 0 Å². The molecule has 3 heterocycles. The summed E-state index contributed by atoms with van der Waals surface area (Å²) < 4.78 is 4.36. The fourth-order valence-corrected chi connectivity index (χ4v) is 1.88. The van der Waals surface area contributed by atoms with Gasteiger partial charge in [0.2, 0.25) is 0 Å². The highest BCUT2D eigenvalue weighted by Gasteiger charge is 2.01. The lowest BCUT2D eigenvalue weighted by Crippen LogP contribution is -2.01. The molecule has 0 aliphatic heterocycles. The van der Waals surface area contributed by atoms with Gasteiger partial charge in [-0.3, -0.25) is 0 Å². The van der Waals surface area contributed by atoms with Gasteiger partial charge >= 0.3 is 0 Å². The maximum atomic E-state index is 5.14. The lowest BCUT2D eigenvalue weighted by Gasteiger charge is -2.06. The second-order valence-corrected chi connectivity index (χ2v) is 4.00. The third kappa shape index (κ3) is 1.92. The van der Waals surface area contributed by atoms with Crippen molar-refractivity contribution in [1.29, 1.82) is 0 Å². The van der Waals surface area contributed by atoms with Crippen LogP contribution in [0.5, 0.6) is 0 Å². The Hall–Kier alpha value is -2.14. The Labute approximate surface area is 103 Å². The van der Waals surface area contributed by atoms with Gasteiger partial charge in [0.25, 0.3) is 0 Å². The highest BCUT2D eigenvalue weighted by Crippen LogP contribution is 2.10. The van der Waals surface area contributed by atoms with E-state index in [4.69, 9.17) is 12.2 Å². The van der Waals surface area contributed by atoms with Crippen LogP contribution in [0.1, 0.15) is 0 Å². The zero-order valence-electron chi connectivity index (χ0n) is 8.95. The molecule has 3 aromatic heterocycles. The molecule has 5 heteroatoms. The van der Waals surface area contributed by atoms with Gasteiger partial charge in [-0.25, -0.2) is 4.98 Å². The number of rotatable bonds is 2. The van der Waals surface area contributed by atoms with Crippen LogP contribution in [0, 0.1) is 4.77 Å². The van der Waals surface area contributed by atoms with Crippen LogP contribution in [0.2, 0.25) is 0 Å². The summed E-state index contributed by atoms with van der Waals surface area (Å²) >= 11 is 5.14. The Morgan fingerprint density at radius 3 is 2.18 bits per heavy atom. The molecule has 0 aromatic carbocycles. The van der Waals surface area contributed by atoms with Crippen LogP contribution in [0.25, 0.3) is 11.6 Å². The maximum absolute atomic E-state index is 5.14. The SMILES string of the molecule is S=c1nc(-n2cccc2)cc(-n2cccc2)[nH]1. The Morgan fingerprint density at radius 2 is 1.53 bits per heavy atom. The molecule has 0 aliphatic rings. The summed E-state index contributed by atoms with van der Waals surface area (Å²) in [5, 5.41) is 0. The predicted molar refractivity (Wildman–Crippen MR) is 68.1 cm³/mol. The quantitative estimate of drug-likeness (QED) is 0.702. The van der Waals surface area contributed by atoms with E-state index in [2.05, 4.69) is 9.97 Å². The van der Waals surface area contributed by atoms with Gasteiger partial charge in [-0.1, -0.05) is 0 Å². The largest absolute Gasteiger partial charge is 0.317 e. The summed E-state index contributed by atoms with van der Waals surface area (Å²) in [6.45, 7) is 0. The van der Waals surface area contributed by atoms with Crippen molar-refractivity contribution in [1.82, 2.24) is 19.1 Å². The molecule has 0 fully saturated rings. The van der Waals surface area contributed by atoms with E-state index in [1.807, 2.05) is 64.3 Å². The van der Waals surface area contributed by atoms with E-state index in [0.29, 0.717) is 4.77 Å². The molecule has 84 valence electrons. The van der Waals surface area contributed by atoms with Gasteiger partial charge in [-0.2, -0.15) is 0 Å². The van der Waals surface area contributed by atoms with Gasteiger partial charge in [0.15, 0.2) is 4.77 Å². The summed E-state index contributed by atoms with van der Waals surface area (Å²) in [5.74, 6) is 1.71. The van der Waals surface area contributed by atoms with E-state index in [1.165, 1.54) is 0 Å². The van der Waals surface area contributed by atoms with Crippen molar-refractivity contribution < 1.29 is 0 Å². The molecule has 0 atom stereocenters. The third-order valence-electron chi connectivity index (χ3n) is 2.47. The fourth-order valence-electron chi connectivity index (χ4n) is 1.69. The molecule has 0 saturated carbocycles. The van der Waals surface area contributed by atoms with Crippen molar-refractivity contribution in [3.63, 3.8) is 0 Å². The molecule has 0 unspecified atom stereocenters. The molecule has 0 amide bonds. The summed E-state index contributed by atoms with van der Waals surface area (Å²) in [7, 11) is 0. The van der Waals surface area contributed by atoms with Crippen LogP contribution in [0.3, 0.4) is 0 Å². The number of nitrogens with one attached hydrogen (secondary N) is 1. The number of hydrogen-bond donors (Lipinski definition) is 1. The van der Waals surface area contributed by atoms with E-state index < -0.39 is 0 Å². The summed E-state index contributed by atoms with van der Waals surface area (Å²) in [6.07, 6.45) is 7.80. The minimum Gasteiger partial charge on any atom is -0.317 e. The lowest BCUT2D eigenvalue weighted by atomic mass is 10.5. The molecule has 0 aliphatic carbocycles. The minimum absolute atomic E-state index is 0.472. The number of hydrogen-bond acceptors (Lipinski definition) is 2. The zero-order valence-corrected chi connectivity index (χ0v) is 9.76. The van der Waals surface area contributed by atoms with Crippen LogP contribution >= 0.6 is 12.2 Å². The second-order valence-electron chi connectivity index (χ2n) is 3.61. The molecule has 4 nitrogen and oxygen atoms in total. The van der Waals surface area contributed by atoms with Gasteiger partial charge in [0, 0.05) is 30.9 Å². The van der Waals surface area contributed by atoms with Gasteiger partial charge in [-0.05, 0) is 36.5 Å². The first-order valence-electron chi connectivity index (χ1n) is 5.21. The number of aromatic amines is 1. The third-order valence-corrected chi connectivity index (χ3v) is 2.66. The maximum Gasteiger partial charge on any atom is 0.200 e. The van der Waals surface area contributed by atoms with Crippen molar-refractivity contribution in [3.05, 3.63) is 59.9 Å². The molecule has 0 radical (unpaired) electrons. The zero-order chi connectivity index (χ0) is 11.7. The average Bonchev–Trinajstić information content (AvgIpc) is 3.02. The normalized spacial score (nSPS) is 10.6. The van der Waals surface area contributed by atoms with Crippen molar-refractivity contribution in [3.8, 4) is 11.6 Å². The molecule has 0 bridgehead atoms. The highest BCUT2D eigenvalue weighted by molar-refractivity contribution is 7.71. The van der Waals surface area contributed by atoms with Crippen molar-refractivity contribution in [2.75, 3.05) is 0 Å². The topological polar surface area (TPSA) is 38.5 Å². The molecule has 0 spiro atoms. The van der Waals surface area contributed by atoms with Crippen LogP contribution in [-0.4, -0.2) is 19.1 Å². The number of aromatic nitrogens is 4. The Kier molecular flexibility index (Phi) is 2.38. The molecule has 1 N–H and O–H groups in total. The van der Waals surface area contributed by atoms with E-state index in [0.717, 1.165) is 11.6 Å². The van der Waals surface area contributed by atoms with Crippen LogP contribution in [0.4, 0.5) is 0 Å². The van der Waals surface area contributed by atoms with Crippen LogP contribution in [-0.2, 0) is 0 Å². The lowest BCUT2D eigenvalue weighted by molar-refractivity contribution is 0.922. The monoisotopic (exact) mass is 242 g/mol. The Morgan fingerprint density at radius 1 is 0.941 bits per heavy atom. The van der Waals surface area contributed by atoms with Crippen molar-refractivity contribution >= 4 is 12.2 Å². The smallest absolute Gasteiger partial charge is 0.200 e. The molecule has 3 rings (SSSR count). The fraction of sp³-hybridized carbons (Fsp3) is 0. The average molecular weight is 242 g/mol. The molecule has 0 saturated heterocycles. The Bertz CT molecular complexity index is 609. The highest BCUT2D eigenvalue weighted by atomic mass is 32.1. The predicted octanol–water partition coefficient (Wildman–Crippen LogP) is 2.72. The van der Waals surface area contributed by atoms with Gasteiger partial charge < -0.3 is 14.1 Å². The summed E-state index contributed by atoms with van der Waals surface area (Å²) in [4.78, 5) is 7.36. The van der Waals surface area contributed by atoms with Crippen LogP contribution < -0.4 is 0 Å². The van der Waals surface area contributed by atoms with E-state index in [9.17, 15) is 0 Å². The number of H-pyrrole nitrogens is 1. The first-order chi connectivity index (χ1) is 8.33. The Balaban J connectivity index is 2.17. The molecule has 17 heavy (non-hydrogen) atoms. The second kappa shape index (κ2) is 4.03. The van der Waals surface area contributed by atoms with Crippen molar-refractivity contribution in [2.45, 2.75) is 0 Å². The summed E-state index contributed by atoms with van der Waals surface area (Å²) in [5.41, 5.74) is 0. The first-order valence-corrected chi connectivity index (χ1v) is 5.62. The van der Waals surface area contributed by atoms with Gasteiger partial charge in [-0.15, -0.1) is 0 Å². The van der Waals surface area contributed by atoms with Crippen LogP contribution in [0.15, 0.2) is 55.1 Å².